The fourth-order valence-corrected chi connectivity index (χ4v) is 4.78. The molecular weight excluding hydrogens is 424 g/mol. The van der Waals surface area contributed by atoms with Crippen LogP contribution < -0.4 is 5.32 Å². The molecule has 174 valence electrons. The van der Waals surface area contributed by atoms with Crippen molar-refractivity contribution in [2.24, 2.45) is 0 Å². The molecule has 5 aromatic rings. The molecule has 1 aliphatic rings. The number of imidazole rings is 1. The van der Waals surface area contributed by atoms with Crippen LogP contribution in [0, 0.1) is 6.92 Å². The van der Waals surface area contributed by atoms with E-state index in [0.717, 1.165) is 43.7 Å². The van der Waals surface area contributed by atoms with Crippen molar-refractivity contribution in [2.45, 2.75) is 45.1 Å². The molecular formula is C27H30N6O. The van der Waals surface area contributed by atoms with Gasteiger partial charge in [0.2, 0.25) is 5.89 Å². The van der Waals surface area contributed by atoms with Crippen LogP contribution in [0.2, 0.25) is 0 Å². The van der Waals surface area contributed by atoms with Crippen molar-refractivity contribution in [3.05, 3.63) is 90.1 Å². The van der Waals surface area contributed by atoms with Crippen LogP contribution in [0.5, 0.6) is 0 Å². The van der Waals surface area contributed by atoms with Gasteiger partial charge in [0.05, 0.1) is 18.2 Å². The van der Waals surface area contributed by atoms with E-state index in [1.807, 2.05) is 43.5 Å². The fourth-order valence-electron chi connectivity index (χ4n) is 4.78. The summed E-state index contributed by atoms with van der Waals surface area (Å²) >= 11 is 0. The quantitative estimate of drug-likeness (QED) is 0.325. The maximum atomic E-state index is 5.30. The number of aryl methyl sites for hydroxylation is 1. The van der Waals surface area contributed by atoms with Crippen molar-refractivity contribution in [1.82, 2.24) is 30.4 Å². The van der Waals surface area contributed by atoms with Gasteiger partial charge in [0.15, 0.2) is 5.82 Å². The largest absolute Gasteiger partial charge is 0.356 e. The molecule has 0 bridgehead atoms. The lowest BCUT2D eigenvalue weighted by Gasteiger charge is -2.36. The lowest BCUT2D eigenvalue weighted by atomic mass is 9.82. The SMILES string of the molecule is CCCCC1(c2noc(C)n2)NCCc2c1[nH]c1ccccc21.c1ccc(-c2cnc[nH]2)cc1. The number of para-hydroxylation sites is 1. The van der Waals surface area contributed by atoms with Crippen LogP contribution in [-0.4, -0.2) is 31.6 Å². The number of unbranched alkanes of at least 4 members (excludes halogenated alkanes) is 1. The van der Waals surface area contributed by atoms with Crippen LogP contribution in [0.1, 0.15) is 49.2 Å². The highest BCUT2D eigenvalue weighted by Crippen LogP contribution is 2.40. The second-order valence-corrected chi connectivity index (χ2v) is 8.68. The molecule has 7 nitrogen and oxygen atoms in total. The predicted octanol–water partition coefficient (Wildman–Crippen LogP) is 5.52. The van der Waals surface area contributed by atoms with E-state index in [0.29, 0.717) is 5.89 Å². The molecule has 0 radical (unpaired) electrons. The Morgan fingerprint density at radius 2 is 1.88 bits per heavy atom. The van der Waals surface area contributed by atoms with Gasteiger partial charge in [0.25, 0.3) is 0 Å². The molecule has 0 spiro atoms. The Morgan fingerprint density at radius 1 is 1.06 bits per heavy atom. The molecule has 3 aromatic heterocycles. The van der Waals surface area contributed by atoms with Crippen LogP contribution in [0.15, 0.2) is 71.6 Å². The molecule has 2 aromatic carbocycles. The van der Waals surface area contributed by atoms with E-state index in [2.05, 4.69) is 61.6 Å². The molecule has 0 saturated carbocycles. The first-order chi connectivity index (χ1) is 16.7. The van der Waals surface area contributed by atoms with Gasteiger partial charge in [-0.2, -0.15) is 4.98 Å². The van der Waals surface area contributed by atoms with Crippen molar-refractivity contribution in [2.75, 3.05) is 6.54 Å². The van der Waals surface area contributed by atoms with E-state index in [1.54, 1.807) is 6.33 Å². The first kappa shape index (κ1) is 22.1. The average molecular weight is 455 g/mol. The molecule has 0 saturated heterocycles. The van der Waals surface area contributed by atoms with Gasteiger partial charge in [-0.25, -0.2) is 4.98 Å². The zero-order valence-electron chi connectivity index (χ0n) is 19.6. The van der Waals surface area contributed by atoms with Crippen LogP contribution in [0.3, 0.4) is 0 Å². The minimum Gasteiger partial charge on any atom is -0.356 e. The number of rotatable bonds is 5. The molecule has 6 rings (SSSR count). The minimum atomic E-state index is -0.375. The fraction of sp³-hybridized carbons (Fsp3) is 0.296. The molecule has 4 heterocycles. The normalized spacial score (nSPS) is 17.2. The van der Waals surface area contributed by atoms with E-state index in [4.69, 9.17) is 4.52 Å². The number of nitrogens with one attached hydrogen (secondary N) is 3. The summed E-state index contributed by atoms with van der Waals surface area (Å²) in [5, 5.41) is 9.27. The summed E-state index contributed by atoms with van der Waals surface area (Å²) in [6.07, 6.45) is 7.72. The van der Waals surface area contributed by atoms with Crippen LogP contribution in [0.4, 0.5) is 0 Å². The summed E-state index contributed by atoms with van der Waals surface area (Å²) in [6.45, 7) is 4.98. The maximum absolute atomic E-state index is 5.30. The van der Waals surface area contributed by atoms with Crippen molar-refractivity contribution in [3.8, 4) is 11.3 Å². The highest BCUT2D eigenvalue weighted by molar-refractivity contribution is 5.85. The second kappa shape index (κ2) is 9.65. The van der Waals surface area contributed by atoms with Gasteiger partial charge >= 0.3 is 0 Å². The predicted molar refractivity (Wildman–Crippen MR) is 133 cm³/mol. The van der Waals surface area contributed by atoms with Crippen molar-refractivity contribution < 1.29 is 4.52 Å². The van der Waals surface area contributed by atoms with Crippen molar-refractivity contribution in [3.63, 3.8) is 0 Å². The first-order valence-corrected chi connectivity index (χ1v) is 11.9. The molecule has 1 atom stereocenters. The van der Waals surface area contributed by atoms with Gasteiger partial charge in [0.1, 0.15) is 5.54 Å². The lowest BCUT2D eigenvalue weighted by Crippen LogP contribution is -2.49. The van der Waals surface area contributed by atoms with E-state index in [1.165, 1.54) is 27.7 Å². The van der Waals surface area contributed by atoms with E-state index in [9.17, 15) is 0 Å². The summed E-state index contributed by atoms with van der Waals surface area (Å²) in [5.74, 6) is 1.36. The lowest BCUT2D eigenvalue weighted by molar-refractivity contribution is 0.300. The van der Waals surface area contributed by atoms with Crippen LogP contribution in [-0.2, 0) is 12.0 Å². The van der Waals surface area contributed by atoms with E-state index < -0.39 is 0 Å². The standard InChI is InChI=1S/C18H22N4O.C9H8N2/c1-3-4-10-18(17-20-12(2)23-22-17)16-14(9-11-19-18)13-7-5-6-8-15(13)21-16;1-2-4-8(5-3-1)9-6-10-7-11-9/h5-8,19,21H,3-4,9-11H2,1-2H3;1-7H,(H,10,11). The van der Waals surface area contributed by atoms with Crippen LogP contribution >= 0.6 is 0 Å². The second-order valence-electron chi connectivity index (χ2n) is 8.68. The van der Waals surface area contributed by atoms with Gasteiger partial charge in [-0.05, 0) is 30.0 Å². The summed E-state index contributed by atoms with van der Waals surface area (Å²) in [6, 6.07) is 18.6. The number of hydrogen-bond acceptors (Lipinski definition) is 5. The third-order valence-electron chi connectivity index (χ3n) is 6.44. The number of hydrogen-bond donors (Lipinski definition) is 3. The van der Waals surface area contributed by atoms with E-state index >= 15 is 0 Å². The molecule has 0 fully saturated rings. The van der Waals surface area contributed by atoms with E-state index in [-0.39, 0.29) is 5.54 Å². The van der Waals surface area contributed by atoms with Crippen LogP contribution in [0.25, 0.3) is 22.2 Å². The van der Waals surface area contributed by atoms with Crippen molar-refractivity contribution >= 4 is 10.9 Å². The highest BCUT2D eigenvalue weighted by atomic mass is 16.5. The first-order valence-electron chi connectivity index (χ1n) is 11.9. The maximum Gasteiger partial charge on any atom is 0.223 e. The van der Waals surface area contributed by atoms with Gasteiger partial charge in [-0.15, -0.1) is 0 Å². The summed E-state index contributed by atoms with van der Waals surface area (Å²) < 4.78 is 5.30. The third-order valence-corrected chi connectivity index (χ3v) is 6.44. The molecule has 0 aliphatic carbocycles. The number of nitrogens with zero attached hydrogens (tertiary/aromatic N) is 3. The zero-order valence-corrected chi connectivity index (χ0v) is 19.6. The third kappa shape index (κ3) is 4.15. The topological polar surface area (TPSA) is 95.4 Å². The Morgan fingerprint density at radius 3 is 2.62 bits per heavy atom. The number of benzene rings is 2. The number of fused-ring (bicyclic) bond motifs is 3. The average Bonchev–Trinajstić information content (AvgIpc) is 3.64. The Bertz CT molecular complexity index is 1340. The minimum absolute atomic E-state index is 0.375. The molecule has 1 aliphatic heterocycles. The monoisotopic (exact) mass is 454 g/mol. The Labute approximate surface area is 199 Å². The smallest absolute Gasteiger partial charge is 0.223 e. The zero-order chi connectivity index (χ0) is 23.4. The van der Waals surface area contributed by atoms with Gasteiger partial charge in [0, 0.05) is 30.1 Å². The van der Waals surface area contributed by atoms with Gasteiger partial charge < -0.3 is 14.5 Å². The number of H-pyrrole nitrogens is 2. The molecule has 0 amide bonds. The molecule has 3 N–H and O–H groups in total. The highest BCUT2D eigenvalue weighted by Gasteiger charge is 2.43. The molecule has 7 heteroatoms. The number of aromatic amines is 2. The Hall–Kier alpha value is -3.71. The molecule has 34 heavy (non-hydrogen) atoms. The summed E-state index contributed by atoms with van der Waals surface area (Å²) in [5.41, 5.74) is 5.63. The van der Waals surface area contributed by atoms with Gasteiger partial charge in [-0.1, -0.05) is 73.5 Å². The number of aromatic nitrogens is 5. The summed E-state index contributed by atoms with van der Waals surface area (Å²) in [4.78, 5) is 15.2. The van der Waals surface area contributed by atoms with Gasteiger partial charge in [-0.3, -0.25) is 5.32 Å². The van der Waals surface area contributed by atoms with Crippen molar-refractivity contribution in [1.29, 1.82) is 0 Å². The Kier molecular flexibility index (Phi) is 6.27. The summed E-state index contributed by atoms with van der Waals surface area (Å²) in [7, 11) is 0. The Balaban J connectivity index is 0.000000183. The molecule has 1 unspecified atom stereocenters.